The predicted octanol–water partition coefficient (Wildman–Crippen LogP) is 6.66. The van der Waals surface area contributed by atoms with E-state index in [9.17, 15) is 23.3 Å². The van der Waals surface area contributed by atoms with Crippen LogP contribution in [0.25, 0.3) is 10.9 Å². The lowest BCUT2D eigenvalue weighted by Gasteiger charge is -2.28. The number of fused-ring (bicyclic) bond motifs is 1. The average Bonchev–Trinajstić information content (AvgIpc) is 3.41. The Hall–Kier alpha value is -4.69. The number of benzene rings is 4. The fraction of sp³-hybridized carbons (Fsp3) is 0.212. The predicted molar refractivity (Wildman–Crippen MR) is 182 cm³/mol. The molecule has 0 atom stereocenters. The number of hydrogen-bond donors (Lipinski definition) is 1. The molecular formula is C33H29Cl2N5O7S. The molecule has 0 saturated carbocycles. The molecule has 5 aromatic rings. The zero-order valence-electron chi connectivity index (χ0n) is 25.8. The summed E-state index contributed by atoms with van der Waals surface area (Å²) in [5.74, 6) is 0.254. The molecule has 248 valence electrons. The topological polar surface area (TPSA) is 146 Å². The number of halogens is 2. The molecule has 12 nitrogen and oxygen atoms in total. The number of ether oxygens (including phenoxy) is 2. The molecule has 6 rings (SSSR count). The summed E-state index contributed by atoms with van der Waals surface area (Å²) in [7, 11) is -4.53. The molecular weight excluding hydrogens is 681 g/mol. The fourth-order valence-corrected chi connectivity index (χ4v) is 6.75. The first-order valence-electron chi connectivity index (χ1n) is 14.8. The second-order valence-corrected chi connectivity index (χ2v) is 13.7. The Balaban J connectivity index is 1.24. The number of amides is 1. The third-order valence-electron chi connectivity index (χ3n) is 7.86. The number of nitrogens with one attached hydrogen (secondary N) is 1. The van der Waals surface area contributed by atoms with Gasteiger partial charge in [-0.05, 0) is 85.1 Å². The summed E-state index contributed by atoms with van der Waals surface area (Å²) in [4.78, 5) is 26.0. The van der Waals surface area contributed by atoms with E-state index in [2.05, 4.69) is 5.10 Å². The number of anilines is 1. The highest BCUT2D eigenvalue weighted by Gasteiger charge is 2.28. The highest BCUT2D eigenvalue weighted by atomic mass is 35.5. The maximum Gasteiger partial charge on any atom is 0.293 e. The maximum atomic E-state index is 13.5. The lowest BCUT2D eigenvalue weighted by molar-refractivity contribution is -0.384. The van der Waals surface area contributed by atoms with Crippen molar-refractivity contribution in [2.75, 3.05) is 31.2 Å². The van der Waals surface area contributed by atoms with E-state index in [4.69, 9.17) is 32.7 Å². The van der Waals surface area contributed by atoms with Gasteiger partial charge >= 0.3 is 0 Å². The minimum atomic E-state index is -4.53. The van der Waals surface area contributed by atoms with Crippen LogP contribution in [-0.4, -0.2) is 55.3 Å². The summed E-state index contributed by atoms with van der Waals surface area (Å²) in [5, 5.41) is 17.7. The van der Waals surface area contributed by atoms with Crippen LogP contribution >= 0.6 is 23.2 Å². The number of aromatic nitrogens is 2. The van der Waals surface area contributed by atoms with Crippen molar-refractivity contribution >= 4 is 61.4 Å². The van der Waals surface area contributed by atoms with Crippen molar-refractivity contribution in [3.8, 4) is 11.5 Å². The van der Waals surface area contributed by atoms with Gasteiger partial charge < -0.3 is 14.4 Å². The first-order valence-corrected chi connectivity index (χ1v) is 17.0. The number of rotatable bonds is 9. The quantitative estimate of drug-likeness (QED) is 0.131. The number of nitrogens with zero attached hydrogens (tertiary/aromatic N) is 4. The molecule has 0 unspecified atom stereocenters. The van der Waals surface area contributed by atoms with Gasteiger partial charge in [0.15, 0.2) is 5.69 Å². The van der Waals surface area contributed by atoms with Crippen LogP contribution in [0, 0.1) is 24.0 Å². The Morgan fingerprint density at radius 3 is 2.33 bits per heavy atom. The Morgan fingerprint density at radius 2 is 1.67 bits per heavy atom. The Labute approximate surface area is 286 Å². The van der Waals surface area contributed by atoms with E-state index in [1.165, 1.54) is 18.2 Å². The summed E-state index contributed by atoms with van der Waals surface area (Å²) in [5.41, 5.74) is 2.88. The van der Waals surface area contributed by atoms with Crippen LogP contribution in [0.2, 0.25) is 10.0 Å². The van der Waals surface area contributed by atoms with Crippen molar-refractivity contribution in [2.45, 2.75) is 25.3 Å². The summed E-state index contributed by atoms with van der Waals surface area (Å²) in [6, 6.07) is 19.4. The van der Waals surface area contributed by atoms with Crippen LogP contribution in [0.1, 0.15) is 27.2 Å². The minimum absolute atomic E-state index is 0.177. The summed E-state index contributed by atoms with van der Waals surface area (Å²) < 4.78 is 41.6. The van der Waals surface area contributed by atoms with E-state index in [0.29, 0.717) is 58.8 Å². The fourth-order valence-electron chi connectivity index (χ4n) is 5.49. The van der Waals surface area contributed by atoms with E-state index < -0.39 is 31.4 Å². The van der Waals surface area contributed by atoms with Gasteiger partial charge in [0.25, 0.3) is 21.6 Å². The molecule has 1 aromatic heterocycles. The van der Waals surface area contributed by atoms with Crippen molar-refractivity contribution in [1.29, 1.82) is 0 Å². The first-order chi connectivity index (χ1) is 22.9. The highest BCUT2D eigenvalue weighted by Crippen LogP contribution is 2.32. The van der Waals surface area contributed by atoms with Crippen molar-refractivity contribution in [3.05, 3.63) is 115 Å². The van der Waals surface area contributed by atoms with Crippen LogP contribution in [0.4, 0.5) is 11.4 Å². The molecule has 1 amide bonds. The van der Waals surface area contributed by atoms with Crippen LogP contribution in [0.5, 0.6) is 11.5 Å². The molecule has 4 aromatic carbocycles. The lowest BCUT2D eigenvalue weighted by Crippen LogP contribution is -2.36. The standard InChI is InChI=1S/C33H29Cl2N5O7S/c1-20-15-25(16-21(2)31(20)35)47-24-6-3-22(4-7-24)19-39-28-9-5-23(34)17-27(28)32(36-39)33(41)37-48(44,45)26-8-10-29(30(18-26)40(42)43)38-11-13-46-14-12-38/h3-10,15-18H,11-14,19H2,1-2H3,(H,37,41). The minimum Gasteiger partial charge on any atom is -0.457 e. The van der Waals surface area contributed by atoms with E-state index in [-0.39, 0.29) is 17.9 Å². The number of hydrogen-bond acceptors (Lipinski definition) is 9. The molecule has 15 heteroatoms. The van der Waals surface area contributed by atoms with Gasteiger partial charge in [-0.3, -0.25) is 19.6 Å². The second-order valence-electron chi connectivity index (χ2n) is 11.2. The molecule has 1 saturated heterocycles. The maximum absolute atomic E-state index is 13.5. The van der Waals surface area contributed by atoms with Gasteiger partial charge in [0.05, 0.1) is 35.1 Å². The van der Waals surface area contributed by atoms with Crippen LogP contribution in [-0.2, 0) is 21.3 Å². The van der Waals surface area contributed by atoms with Gasteiger partial charge in [-0.2, -0.15) is 5.10 Å². The number of aryl methyl sites for hydroxylation is 2. The normalized spacial score (nSPS) is 13.5. The third kappa shape index (κ3) is 6.95. The van der Waals surface area contributed by atoms with Crippen LogP contribution in [0.3, 0.4) is 0 Å². The Kier molecular flexibility index (Phi) is 9.30. The monoisotopic (exact) mass is 709 g/mol. The molecule has 48 heavy (non-hydrogen) atoms. The van der Waals surface area contributed by atoms with Crippen molar-refractivity contribution < 1.29 is 27.6 Å². The smallest absolute Gasteiger partial charge is 0.293 e. The van der Waals surface area contributed by atoms with Crippen LogP contribution < -0.4 is 14.4 Å². The summed E-state index contributed by atoms with van der Waals surface area (Å²) in [6.07, 6.45) is 0. The van der Waals surface area contributed by atoms with Gasteiger partial charge in [-0.25, -0.2) is 13.1 Å². The molecule has 1 aliphatic heterocycles. The van der Waals surface area contributed by atoms with Gasteiger partial charge in [-0.15, -0.1) is 0 Å². The SMILES string of the molecule is Cc1cc(Oc2ccc(Cn3nc(C(=O)NS(=O)(=O)c4ccc(N5CCOCC5)c([N+](=O)[O-])c4)c4cc(Cl)ccc43)cc2)cc(C)c1Cl. The molecule has 2 heterocycles. The average molecular weight is 711 g/mol. The Bertz CT molecular complexity index is 2140. The molecule has 0 spiro atoms. The summed E-state index contributed by atoms with van der Waals surface area (Å²) >= 11 is 12.5. The van der Waals surface area contributed by atoms with Gasteiger partial charge in [0.2, 0.25) is 0 Å². The van der Waals surface area contributed by atoms with Gasteiger partial charge in [-0.1, -0.05) is 35.3 Å². The Morgan fingerprint density at radius 1 is 0.979 bits per heavy atom. The third-order valence-corrected chi connectivity index (χ3v) is 10.0. The number of carbonyl (C=O) groups excluding carboxylic acids is 1. The van der Waals surface area contributed by atoms with E-state index in [0.717, 1.165) is 22.8 Å². The molecule has 0 bridgehead atoms. The van der Waals surface area contributed by atoms with E-state index in [1.807, 2.05) is 42.8 Å². The number of morpholine rings is 1. The zero-order valence-corrected chi connectivity index (χ0v) is 28.1. The molecule has 1 aliphatic rings. The molecule has 0 aliphatic carbocycles. The van der Waals surface area contributed by atoms with E-state index in [1.54, 1.807) is 33.8 Å². The van der Waals surface area contributed by atoms with E-state index >= 15 is 0 Å². The lowest BCUT2D eigenvalue weighted by atomic mass is 10.1. The second kappa shape index (κ2) is 13.4. The molecule has 1 fully saturated rings. The van der Waals surface area contributed by atoms with Gasteiger partial charge in [0, 0.05) is 34.6 Å². The number of carbonyl (C=O) groups is 1. The first kappa shape index (κ1) is 33.2. The van der Waals surface area contributed by atoms with Crippen molar-refractivity contribution in [2.24, 2.45) is 0 Å². The summed E-state index contributed by atoms with van der Waals surface area (Å²) in [6.45, 7) is 5.68. The molecule has 0 radical (unpaired) electrons. The number of sulfonamides is 1. The van der Waals surface area contributed by atoms with Crippen molar-refractivity contribution in [1.82, 2.24) is 14.5 Å². The van der Waals surface area contributed by atoms with Crippen LogP contribution in [0.15, 0.2) is 77.7 Å². The number of nitro benzene ring substituents is 1. The highest BCUT2D eigenvalue weighted by molar-refractivity contribution is 7.90. The zero-order chi connectivity index (χ0) is 34.2. The van der Waals surface area contributed by atoms with Crippen molar-refractivity contribution in [3.63, 3.8) is 0 Å². The number of nitro groups is 1. The molecule has 1 N–H and O–H groups in total. The largest absolute Gasteiger partial charge is 0.457 e. The van der Waals surface area contributed by atoms with Gasteiger partial charge in [0.1, 0.15) is 17.2 Å².